The van der Waals surface area contributed by atoms with Crippen molar-refractivity contribution in [2.24, 2.45) is 0 Å². The summed E-state index contributed by atoms with van der Waals surface area (Å²) in [6.45, 7) is 2.03. The molecule has 3 heteroatoms. The molecular weight excluding hydrogens is 222 g/mol. The van der Waals surface area contributed by atoms with Crippen LogP contribution in [0.15, 0.2) is 42.5 Å². The molecule has 0 aromatic heterocycles. The van der Waals surface area contributed by atoms with Crippen LogP contribution in [0.25, 0.3) is 0 Å². The fraction of sp³-hybridized carbons (Fsp3) is 0.133. The topological polar surface area (TPSA) is 53.0 Å². The second-order valence-corrected chi connectivity index (χ2v) is 4.28. The molecule has 3 nitrogen and oxygen atoms in total. The van der Waals surface area contributed by atoms with Crippen LogP contribution < -0.4 is 10.6 Å². The van der Waals surface area contributed by atoms with Gasteiger partial charge < -0.3 is 10.6 Å². The lowest BCUT2D eigenvalue weighted by atomic mass is 10.1. The number of hydrogen-bond acceptors (Lipinski definition) is 3. The van der Waals surface area contributed by atoms with Crippen LogP contribution in [0, 0.1) is 18.3 Å². The Hall–Kier alpha value is -2.47. The predicted molar refractivity (Wildman–Crippen MR) is 74.8 cm³/mol. The lowest BCUT2D eigenvalue weighted by Crippen LogP contribution is -2.11. The first-order chi connectivity index (χ1) is 8.61. The maximum Gasteiger partial charge on any atom is 0.0992 e. The van der Waals surface area contributed by atoms with Crippen LogP contribution in [0.5, 0.6) is 0 Å². The summed E-state index contributed by atoms with van der Waals surface area (Å²) in [5.41, 5.74) is 10.4. The minimum atomic E-state index is 0.644. The van der Waals surface area contributed by atoms with Crippen molar-refractivity contribution in [3.05, 3.63) is 53.6 Å². The van der Waals surface area contributed by atoms with E-state index >= 15 is 0 Å². The van der Waals surface area contributed by atoms with Gasteiger partial charge in [0.25, 0.3) is 0 Å². The Morgan fingerprint density at radius 3 is 2.67 bits per heavy atom. The SMILES string of the molecule is Cc1ccc(N)c(N(C)c2cccc(C#N)c2)c1. The molecule has 18 heavy (non-hydrogen) atoms. The molecule has 2 rings (SSSR count). The summed E-state index contributed by atoms with van der Waals surface area (Å²) in [7, 11) is 1.95. The molecule has 0 atom stereocenters. The zero-order valence-corrected chi connectivity index (χ0v) is 10.5. The third-order valence-corrected chi connectivity index (χ3v) is 2.91. The third kappa shape index (κ3) is 2.28. The van der Waals surface area contributed by atoms with Gasteiger partial charge in [-0.25, -0.2) is 0 Å². The number of nitrogen functional groups attached to an aromatic ring is 1. The number of rotatable bonds is 2. The molecule has 0 aliphatic rings. The van der Waals surface area contributed by atoms with Gasteiger partial charge in [-0.15, -0.1) is 0 Å². The van der Waals surface area contributed by atoms with E-state index in [2.05, 4.69) is 6.07 Å². The van der Waals surface area contributed by atoms with E-state index in [1.54, 1.807) is 6.07 Å². The molecular formula is C15H15N3. The Balaban J connectivity index is 2.44. The molecule has 0 radical (unpaired) electrons. The second kappa shape index (κ2) is 4.80. The van der Waals surface area contributed by atoms with Crippen molar-refractivity contribution >= 4 is 17.1 Å². The Bertz CT molecular complexity index is 611. The van der Waals surface area contributed by atoms with E-state index in [4.69, 9.17) is 11.0 Å². The molecule has 0 spiro atoms. The van der Waals surface area contributed by atoms with E-state index in [-0.39, 0.29) is 0 Å². The highest BCUT2D eigenvalue weighted by Gasteiger charge is 2.08. The van der Waals surface area contributed by atoms with Gasteiger partial charge in [0.15, 0.2) is 0 Å². The highest BCUT2D eigenvalue weighted by molar-refractivity contribution is 5.75. The lowest BCUT2D eigenvalue weighted by molar-refractivity contribution is 1.20. The van der Waals surface area contributed by atoms with E-state index in [9.17, 15) is 0 Å². The number of nitrogens with zero attached hydrogens (tertiary/aromatic N) is 2. The van der Waals surface area contributed by atoms with E-state index in [1.807, 2.05) is 55.3 Å². The monoisotopic (exact) mass is 237 g/mol. The van der Waals surface area contributed by atoms with Crippen LogP contribution in [0.1, 0.15) is 11.1 Å². The van der Waals surface area contributed by atoms with E-state index < -0.39 is 0 Å². The summed E-state index contributed by atoms with van der Waals surface area (Å²) in [5.74, 6) is 0. The second-order valence-electron chi connectivity index (χ2n) is 4.28. The first-order valence-electron chi connectivity index (χ1n) is 5.72. The quantitative estimate of drug-likeness (QED) is 0.816. The molecule has 0 amide bonds. The van der Waals surface area contributed by atoms with Gasteiger partial charge in [0.1, 0.15) is 0 Å². The highest BCUT2D eigenvalue weighted by atomic mass is 15.1. The number of aryl methyl sites for hydroxylation is 1. The predicted octanol–water partition coefficient (Wildman–Crippen LogP) is 3.22. The minimum absolute atomic E-state index is 0.644. The van der Waals surface area contributed by atoms with Crippen molar-refractivity contribution < 1.29 is 0 Å². The van der Waals surface area contributed by atoms with Gasteiger partial charge in [-0.2, -0.15) is 5.26 Å². The van der Waals surface area contributed by atoms with Gasteiger partial charge in [-0.3, -0.25) is 0 Å². The number of hydrogen-bond donors (Lipinski definition) is 1. The summed E-state index contributed by atoms with van der Waals surface area (Å²) < 4.78 is 0. The fourth-order valence-electron chi connectivity index (χ4n) is 1.87. The summed E-state index contributed by atoms with van der Waals surface area (Å²) in [6.07, 6.45) is 0. The Morgan fingerprint density at radius 2 is 1.94 bits per heavy atom. The molecule has 0 saturated carbocycles. The Labute approximate surface area is 107 Å². The number of benzene rings is 2. The van der Waals surface area contributed by atoms with Crippen LogP contribution in [-0.2, 0) is 0 Å². The molecule has 0 unspecified atom stereocenters. The van der Waals surface area contributed by atoms with Crippen LogP contribution in [0.3, 0.4) is 0 Å². The molecule has 0 heterocycles. The zero-order valence-electron chi connectivity index (χ0n) is 10.5. The van der Waals surface area contributed by atoms with E-state index in [0.29, 0.717) is 5.56 Å². The van der Waals surface area contributed by atoms with Crippen molar-refractivity contribution in [2.75, 3.05) is 17.7 Å². The average Bonchev–Trinajstić information content (AvgIpc) is 2.41. The number of nitriles is 1. The van der Waals surface area contributed by atoms with Crippen molar-refractivity contribution in [1.29, 1.82) is 5.26 Å². The fourth-order valence-corrected chi connectivity index (χ4v) is 1.87. The molecule has 0 aliphatic carbocycles. The molecule has 0 saturated heterocycles. The van der Waals surface area contributed by atoms with Gasteiger partial charge in [0.2, 0.25) is 0 Å². The van der Waals surface area contributed by atoms with Gasteiger partial charge in [-0.1, -0.05) is 12.1 Å². The Morgan fingerprint density at radius 1 is 1.17 bits per heavy atom. The molecule has 2 N–H and O–H groups in total. The van der Waals surface area contributed by atoms with E-state index in [0.717, 1.165) is 22.6 Å². The van der Waals surface area contributed by atoms with Gasteiger partial charge >= 0.3 is 0 Å². The number of nitrogens with two attached hydrogens (primary N) is 1. The standard InChI is InChI=1S/C15H15N3/c1-11-6-7-14(17)15(8-11)18(2)13-5-3-4-12(9-13)10-16/h3-9H,17H2,1-2H3. The van der Waals surface area contributed by atoms with E-state index in [1.165, 1.54) is 0 Å². The lowest BCUT2D eigenvalue weighted by Gasteiger charge is -2.22. The highest BCUT2D eigenvalue weighted by Crippen LogP contribution is 2.29. The summed E-state index contributed by atoms with van der Waals surface area (Å²) >= 11 is 0. The van der Waals surface area contributed by atoms with Crippen LogP contribution in [0.4, 0.5) is 17.1 Å². The van der Waals surface area contributed by atoms with Crippen molar-refractivity contribution in [3.8, 4) is 6.07 Å². The summed E-state index contributed by atoms with van der Waals surface area (Å²) in [5, 5.41) is 8.92. The molecule has 90 valence electrons. The molecule has 0 aliphatic heterocycles. The third-order valence-electron chi connectivity index (χ3n) is 2.91. The van der Waals surface area contributed by atoms with Crippen LogP contribution >= 0.6 is 0 Å². The maximum atomic E-state index is 8.92. The van der Waals surface area contributed by atoms with Crippen LogP contribution in [0.2, 0.25) is 0 Å². The Kier molecular flexibility index (Phi) is 3.20. The summed E-state index contributed by atoms with van der Waals surface area (Å²) in [4.78, 5) is 1.99. The van der Waals surface area contributed by atoms with Gasteiger partial charge in [0.05, 0.1) is 23.0 Å². The largest absolute Gasteiger partial charge is 0.397 e. The zero-order chi connectivity index (χ0) is 13.1. The van der Waals surface area contributed by atoms with Crippen LogP contribution in [-0.4, -0.2) is 7.05 Å². The molecule has 0 fully saturated rings. The van der Waals surface area contributed by atoms with Gasteiger partial charge in [-0.05, 0) is 42.8 Å². The molecule has 2 aromatic carbocycles. The average molecular weight is 237 g/mol. The van der Waals surface area contributed by atoms with Crippen molar-refractivity contribution in [2.45, 2.75) is 6.92 Å². The van der Waals surface area contributed by atoms with Crippen molar-refractivity contribution in [1.82, 2.24) is 0 Å². The smallest absolute Gasteiger partial charge is 0.0992 e. The normalized spacial score (nSPS) is 9.83. The first kappa shape index (κ1) is 12.0. The van der Waals surface area contributed by atoms with Gasteiger partial charge in [0, 0.05) is 12.7 Å². The minimum Gasteiger partial charge on any atom is -0.397 e. The van der Waals surface area contributed by atoms with Crippen molar-refractivity contribution in [3.63, 3.8) is 0 Å². The molecule has 2 aromatic rings. The maximum absolute atomic E-state index is 8.92. The number of anilines is 3. The molecule has 0 bridgehead atoms. The summed E-state index contributed by atoms with van der Waals surface area (Å²) in [6, 6.07) is 15.5. The first-order valence-corrected chi connectivity index (χ1v) is 5.72.